The van der Waals surface area contributed by atoms with Crippen molar-refractivity contribution in [1.29, 1.82) is 0 Å². The van der Waals surface area contributed by atoms with E-state index in [1.165, 1.54) is 110 Å². The first-order chi connectivity index (χ1) is 27.0. The Kier molecular flexibility index (Phi) is 7.00. The quantitative estimate of drug-likeness (QED) is 0.161. The third-order valence-corrected chi connectivity index (χ3v) is 12.2. The summed E-state index contributed by atoms with van der Waals surface area (Å²) in [5, 5.41) is 10.3. The van der Waals surface area contributed by atoms with Crippen LogP contribution in [0.2, 0.25) is 0 Å². The van der Waals surface area contributed by atoms with Crippen molar-refractivity contribution in [1.82, 2.24) is 0 Å². The molecule has 0 atom stereocenters. The minimum absolute atomic E-state index is 0.0180. The summed E-state index contributed by atoms with van der Waals surface area (Å²) in [6, 6.07) is 72.3. The maximum atomic E-state index is 2.42. The maximum Gasteiger partial charge on any atom is 0.0159 e. The fraction of sp³-hybridized carbons (Fsp3) is 0.0545. The molecule has 0 aliphatic heterocycles. The Morgan fingerprint density at radius 3 is 1.35 bits per heavy atom. The van der Waals surface area contributed by atoms with Gasteiger partial charge in [-0.25, -0.2) is 0 Å². The van der Waals surface area contributed by atoms with Gasteiger partial charge in [0, 0.05) is 5.41 Å². The fourth-order valence-electron chi connectivity index (χ4n) is 9.33. The molecule has 0 amide bonds. The predicted octanol–water partition coefficient (Wildman–Crippen LogP) is 15.3. The number of rotatable bonds is 4. The van der Waals surface area contributed by atoms with Crippen LogP contribution >= 0.6 is 0 Å². The summed E-state index contributed by atoms with van der Waals surface area (Å²) in [5.74, 6) is 0. The second-order valence-corrected chi connectivity index (χ2v) is 15.7. The monoisotopic (exact) mass is 698 g/mol. The summed E-state index contributed by atoms with van der Waals surface area (Å²) in [6.07, 6.45) is 0. The van der Waals surface area contributed by atoms with E-state index < -0.39 is 0 Å². The molecule has 0 nitrogen and oxygen atoms in total. The van der Waals surface area contributed by atoms with Gasteiger partial charge in [-0.2, -0.15) is 0 Å². The molecular weight excluding hydrogens is 661 g/mol. The zero-order valence-corrected chi connectivity index (χ0v) is 31.0. The van der Waals surface area contributed by atoms with Crippen molar-refractivity contribution in [2.45, 2.75) is 19.3 Å². The molecule has 0 bridgehead atoms. The molecule has 0 heterocycles. The highest BCUT2D eigenvalue weighted by atomic mass is 14.4. The summed E-state index contributed by atoms with van der Waals surface area (Å²) in [4.78, 5) is 0. The van der Waals surface area contributed by atoms with E-state index in [-0.39, 0.29) is 5.41 Å². The van der Waals surface area contributed by atoms with E-state index >= 15 is 0 Å². The molecule has 0 N–H and O–H groups in total. The molecule has 0 spiro atoms. The highest BCUT2D eigenvalue weighted by Gasteiger charge is 2.35. The van der Waals surface area contributed by atoms with Gasteiger partial charge in [-0.3, -0.25) is 0 Å². The number of benzene rings is 10. The van der Waals surface area contributed by atoms with Gasteiger partial charge in [-0.1, -0.05) is 166 Å². The Labute approximate surface area is 322 Å². The standard InChI is InChI=1S/C55H38/c1-55(2)53-19-11-10-18-50(53)51-27-25-41(34-54(51)55)38-21-20-37-29-39(23-22-36(37)28-38)43-30-42(35-12-4-3-5-13-35)31-44(32-43)40-24-26-49-47-16-7-6-14-45(47)46-15-8-9-17-48(46)52(49)33-40/h3-34H,1-2H3. The average molecular weight is 699 g/mol. The van der Waals surface area contributed by atoms with Crippen LogP contribution in [0, 0.1) is 0 Å². The normalized spacial score (nSPS) is 13.1. The highest BCUT2D eigenvalue weighted by molar-refractivity contribution is 6.25. The molecule has 0 aromatic heterocycles. The van der Waals surface area contributed by atoms with Crippen LogP contribution in [0.4, 0.5) is 0 Å². The molecule has 0 unspecified atom stereocenters. The molecular formula is C55H38. The summed E-state index contributed by atoms with van der Waals surface area (Å²) >= 11 is 0. The summed E-state index contributed by atoms with van der Waals surface area (Å²) in [6.45, 7) is 4.70. The summed E-state index contributed by atoms with van der Waals surface area (Å²) in [5.41, 5.74) is 15.3. The third-order valence-electron chi connectivity index (χ3n) is 12.2. The van der Waals surface area contributed by atoms with Crippen LogP contribution in [-0.2, 0) is 5.41 Å². The summed E-state index contributed by atoms with van der Waals surface area (Å²) < 4.78 is 0. The molecule has 0 radical (unpaired) electrons. The van der Waals surface area contributed by atoms with Crippen molar-refractivity contribution in [3.63, 3.8) is 0 Å². The molecule has 0 saturated heterocycles. The lowest BCUT2D eigenvalue weighted by Gasteiger charge is -2.22. The van der Waals surface area contributed by atoms with E-state index in [0.717, 1.165) is 0 Å². The van der Waals surface area contributed by atoms with E-state index in [9.17, 15) is 0 Å². The van der Waals surface area contributed by atoms with E-state index in [1.54, 1.807) is 0 Å². The van der Waals surface area contributed by atoms with Crippen molar-refractivity contribution in [2.75, 3.05) is 0 Å². The maximum absolute atomic E-state index is 2.42. The van der Waals surface area contributed by atoms with Crippen molar-refractivity contribution in [3.8, 4) is 55.6 Å². The lowest BCUT2D eigenvalue weighted by Crippen LogP contribution is -2.14. The molecule has 0 saturated carbocycles. The second kappa shape index (κ2) is 12.1. The molecule has 10 aromatic carbocycles. The predicted molar refractivity (Wildman–Crippen MR) is 236 cm³/mol. The van der Waals surface area contributed by atoms with Crippen molar-refractivity contribution in [2.24, 2.45) is 0 Å². The molecule has 0 heteroatoms. The van der Waals surface area contributed by atoms with E-state index in [0.29, 0.717) is 0 Å². The molecule has 258 valence electrons. The fourth-order valence-corrected chi connectivity index (χ4v) is 9.33. The van der Waals surface area contributed by atoms with E-state index in [1.807, 2.05) is 0 Å². The Morgan fingerprint density at radius 2 is 0.691 bits per heavy atom. The van der Waals surface area contributed by atoms with E-state index in [2.05, 4.69) is 208 Å². The minimum Gasteiger partial charge on any atom is -0.0622 e. The molecule has 0 fully saturated rings. The third kappa shape index (κ3) is 5.06. The van der Waals surface area contributed by atoms with Gasteiger partial charge < -0.3 is 0 Å². The first-order valence-corrected chi connectivity index (χ1v) is 19.3. The Balaban J connectivity index is 1.02. The van der Waals surface area contributed by atoms with Gasteiger partial charge in [0.2, 0.25) is 0 Å². The van der Waals surface area contributed by atoms with Crippen LogP contribution in [0.15, 0.2) is 194 Å². The van der Waals surface area contributed by atoms with Crippen molar-refractivity contribution >= 4 is 43.1 Å². The zero-order chi connectivity index (χ0) is 36.7. The minimum atomic E-state index is -0.0180. The van der Waals surface area contributed by atoms with Crippen LogP contribution in [0.25, 0.3) is 98.7 Å². The molecule has 1 aliphatic rings. The zero-order valence-electron chi connectivity index (χ0n) is 31.0. The summed E-state index contributed by atoms with van der Waals surface area (Å²) in [7, 11) is 0. The highest BCUT2D eigenvalue weighted by Crippen LogP contribution is 2.49. The Hall–Kier alpha value is -6.76. The first-order valence-electron chi connectivity index (χ1n) is 19.3. The Bertz CT molecular complexity index is 3130. The van der Waals surface area contributed by atoms with Crippen LogP contribution < -0.4 is 0 Å². The largest absolute Gasteiger partial charge is 0.0622 e. The lowest BCUT2D eigenvalue weighted by atomic mass is 9.81. The van der Waals surface area contributed by atoms with Crippen LogP contribution in [-0.4, -0.2) is 0 Å². The van der Waals surface area contributed by atoms with Gasteiger partial charge in [0.1, 0.15) is 0 Å². The molecule has 11 rings (SSSR count). The van der Waals surface area contributed by atoms with Gasteiger partial charge in [0.25, 0.3) is 0 Å². The van der Waals surface area contributed by atoms with Gasteiger partial charge in [-0.05, 0) is 152 Å². The number of fused-ring (bicyclic) bond motifs is 10. The first kappa shape index (κ1) is 31.7. The van der Waals surface area contributed by atoms with Gasteiger partial charge in [0.15, 0.2) is 0 Å². The second-order valence-electron chi connectivity index (χ2n) is 15.7. The smallest absolute Gasteiger partial charge is 0.0159 e. The van der Waals surface area contributed by atoms with Gasteiger partial charge in [0.05, 0.1) is 0 Å². The average Bonchev–Trinajstić information content (AvgIpc) is 3.48. The van der Waals surface area contributed by atoms with Crippen LogP contribution in [0.1, 0.15) is 25.0 Å². The number of hydrogen-bond donors (Lipinski definition) is 0. The van der Waals surface area contributed by atoms with Gasteiger partial charge in [-0.15, -0.1) is 0 Å². The van der Waals surface area contributed by atoms with Crippen LogP contribution in [0.5, 0.6) is 0 Å². The van der Waals surface area contributed by atoms with E-state index in [4.69, 9.17) is 0 Å². The topological polar surface area (TPSA) is 0 Å². The lowest BCUT2D eigenvalue weighted by molar-refractivity contribution is 0.660. The molecule has 10 aromatic rings. The Morgan fingerprint density at radius 1 is 0.255 bits per heavy atom. The number of hydrogen-bond acceptors (Lipinski definition) is 0. The van der Waals surface area contributed by atoms with Crippen molar-refractivity contribution in [3.05, 3.63) is 205 Å². The SMILES string of the molecule is CC1(C)c2ccccc2-c2ccc(-c3ccc4cc(-c5cc(-c6ccccc6)cc(-c6ccc7c8ccccc8c8ccccc8c7c6)c5)ccc4c3)cc21. The van der Waals surface area contributed by atoms with Gasteiger partial charge >= 0.3 is 0 Å². The van der Waals surface area contributed by atoms with Crippen LogP contribution in [0.3, 0.4) is 0 Å². The molecule has 55 heavy (non-hydrogen) atoms. The van der Waals surface area contributed by atoms with Crippen molar-refractivity contribution < 1.29 is 0 Å². The molecule has 1 aliphatic carbocycles.